The first-order valence-electron chi connectivity index (χ1n) is 9.48. The third-order valence-corrected chi connectivity index (χ3v) is 6.34. The third kappa shape index (κ3) is 3.28. The molecule has 0 saturated heterocycles. The standard InChI is InChI=1S/C22H18N6O2S/c1-13-9-16(11-25-21(13)23)15-5-8-18-19(10-15)28-20(12-24-18)26-27-22(28)14-3-6-17(7-4-14)31(2,29)30/h3-12H,1-2H3,(H2,23,25). The Balaban J connectivity index is 1.72. The molecule has 154 valence electrons. The summed E-state index contributed by atoms with van der Waals surface area (Å²) in [7, 11) is -3.28. The average Bonchev–Trinajstić information content (AvgIpc) is 3.19. The van der Waals surface area contributed by atoms with E-state index in [1.807, 2.05) is 35.6 Å². The molecule has 9 heteroatoms. The van der Waals surface area contributed by atoms with Crippen LogP contribution in [0.5, 0.6) is 0 Å². The molecule has 3 aromatic heterocycles. The van der Waals surface area contributed by atoms with Gasteiger partial charge in [-0.05, 0) is 60.5 Å². The Kier molecular flexibility index (Phi) is 4.23. The SMILES string of the molecule is Cc1cc(-c2ccc3ncc4nnc(-c5ccc(S(C)(=O)=O)cc5)n4c3c2)cnc1N. The van der Waals surface area contributed by atoms with Crippen LogP contribution < -0.4 is 5.73 Å². The van der Waals surface area contributed by atoms with Gasteiger partial charge in [0.15, 0.2) is 21.3 Å². The summed E-state index contributed by atoms with van der Waals surface area (Å²) in [6.45, 7) is 1.92. The van der Waals surface area contributed by atoms with Crippen LogP contribution in [0.2, 0.25) is 0 Å². The number of nitrogen functional groups attached to an aromatic ring is 1. The Morgan fingerprint density at radius 2 is 1.61 bits per heavy atom. The smallest absolute Gasteiger partial charge is 0.180 e. The monoisotopic (exact) mass is 430 g/mol. The second kappa shape index (κ2) is 6.85. The van der Waals surface area contributed by atoms with Crippen LogP contribution in [-0.2, 0) is 9.84 Å². The molecule has 0 saturated carbocycles. The highest BCUT2D eigenvalue weighted by molar-refractivity contribution is 7.90. The van der Waals surface area contributed by atoms with Gasteiger partial charge in [-0.1, -0.05) is 6.07 Å². The van der Waals surface area contributed by atoms with Gasteiger partial charge in [0.05, 0.1) is 22.1 Å². The Labute approximate surface area is 178 Å². The summed E-state index contributed by atoms with van der Waals surface area (Å²) in [6.07, 6.45) is 4.59. The van der Waals surface area contributed by atoms with Crippen LogP contribution in [0, 0.1) is 6.92 Å². The minimum Gasteiger partial charge on any atom is -0.383 e. The van der Waals surface area contributed by atoms with Gasteiger partial charge in [-0.15, -0.1) is 10.2 Å². The predicted molar refractivity (Wildman–Crippen MR) is 119 cm³/mol. The van der Waals surface area contributed by atoms with Crippen molar-refractivity contribution < 1.29 is 8.42 Å². The van der Waals surface area contributed by atoms with Crippen molar-refractivity contribution >= 4 is 32.3 Å². The number of nitrogens with two attached hydrogens (primary N) is 1. The molecule has 0 spiro atoms. The van der Waals surface area contributed by atoms with Crippen molar-refractivity contribution in [2.24, 2.45) is 0 Å². The molecule has 0 atom stereocenters. The van der Waals surface area contributed by atoms with Crippen LogP contribution in [0.25, 0.3) is 39.2 Å². The molecule has 0 aliphatic rings. The highest BCUT2D eigenvalue weighted by atomic mass is 32.2. The Bertz CT molecular complexity index is 1570. The molecule has 3 heterocycles. The first-order valence-corrected chi connectivity index (χ1v) is 11.4. The number of benzene rings is 2. The lowest BCUT2D eigenvalue weighted by molar-refractivity contribution is 0.602. The van der Waals surface area contributed by atoms with Crippen molar-refractivity contribution in [2.75, 3.05) is 12.0 Å². The van der Waals surface area contributed by atoms with E-state index in [-0.39, 0.29) is 4.90 Å². The zero-order chi connectivity index (χ0) is 21.8. The van der Waals surface area contributed by atoms with Gasteiger partial charge in [-0.2, -0.15) is 0 Å². The number of rotatable bonds is 3. The van der Waals surface area contributed by atoms with Crippen molar-refractivity contribution in [3.8, 4) is 22.5 Å². The van der Waals surface area contributed by atoms with E-state index in [0.29, 0.717) is 17.3 Å². The first-order chi connectivity index (χ1) is 14.8. The number of fused-ring (bicyclic) bond motifs is 3. The van der Waals surface area contributed by atoms with E-state index in [4.69, 9.17) is 5.73 Å². The van der Waals surface area contributed by atoms with Crippen LogP contribution >= 0.6 is 0 Å². The minimum atomic E-state index is -3.28. The summed E-state index contributed by atoms with van der Waals surface area (Å²) in [5.74, 6) is 1.11. The third-order valence-electron chi connectivity index (χ3n) is 5.22. The normalized spacial score (nSPS) is 11.9. The molecule has 0 aliphatic carbocycles. The number of aryl methyl sites for hydroxylation is 1. The molecular weight excluding hydrogens is 412 g/mol. The van der Waals surface area contributed by atoms with Gasteiger partial charge in [-0.25, -0.2) is 13.4 Å². The van der Waals surface area contributed by atoms with Gasteiger partial charge in [0.1, 0.15) is 5.82 Å². The van der Waals surface area contributed by atoms with Crippen LogP contribution in [-0.4, -0.2) is 39.2 Å². The topological polar surface area (TPSA) is 116 Å². The Morgan fingerprint density at radius 3 is 2.32 bits per heavy atom. The number of hydrogen-bond acceptors (Lipinski definition) is 7. The van der Waals surface area contributed by atoms with Gasteiger partial charge in [0.2, 0.25) is 0 Å². The molecule has 5 rings (SSSR count). The van der Waals surface area contributed by atoms with E-state index in [1.54, 1.807) is 36.7 Å². The van der Waals surface area contributed by atoms with Gasteiger partial charge >= 0.3 is 0 Å². The molecule has 0 aliphatic heterocycles. The van der Waals surface area contributed by atoms with E-state index in [0.717, 1.165) is 33.3 Å². The molecule has 8 nitrogen and oxygen atoms in total. The van der Waals surface area contributed by atoms with E-state index in [9.17, 15) is 8.42 Å². The number of anilines is 1. The summed E-state index contributed by atoms with van der Waals surface area (Å²) in [5.41, 5.74) is 11.6. The van der Waals surface area contributed by atoms with Crippen molar-refractivity contribution in [1.29, 1.82) is 0 Å². The number of nitrogens with zero attached hydrogens (tertiary/aromatic N) is 5. The Morgan fingerprint density at radius 1 is 0.871 bits per heavy atom. The molecule has 2 N–H and O–H groups in total. The van der Waals surface area contributed by atoms with Crippen LogP contribution in [0.3, 0.4) is 0 Å². The minimum absolute atomic E-state index is 0.255. The number of aromatic nitrogens is 5. The molecule has 0 amide bonds. The lowest BCUT2D eigenvalue weighted by atomic mass is 10.0. The summed E-state index contributed by atoms with van der Waals surface area (Å²) >= 11 is 0. The number of hydrogen-bond donors (Lipinski definition) is 1. The molecule has 2 aromatic carbocycles. The van der Waals surface area contributed by atoms with Gasteiger partial charge in [0, 0.05) is 23.6 Å². The lowest BCUT2D eigenvalue weighted by Gasteiger charge is -2.09. The van der Waals surface area contributed by atoms with E-state index >= 15 is 0 Å². The fourth-order valence-corrected chi connectivity index (χ4v) is 4.15. The summed E-state index contributed by atoms with van der Waals surface area (Å²) in [4.78, 5) is 9.01. The Hall–Kier alpha value is -3.85. The van der Waals surface area contributed by atoms with Gasteiger partial charge in [0.25, 0.3) is 0 Å². The molecule has 5 aromatic rings. The molecule has 0 radical (unpaired) electrons. The first kappa shape index (κ1) is 19.1. The van der Waals surface area contributed by atoms with E-state index in [1.165, 1.54) is 6.26 Å². The van der Waals surface area contributed by atoms with Crippen molar-refractivity contribution in [3.05, 3.63) is 66.5 Å². The van der Waals surface area contributed by atoms with E-state index in [2.05, 4.69) is 20.2 Å². The molecule has 0 unspecified atom stereocenters. The summed E-state index contributed by atoms with van der Waals surface area (Å²) in [6, 6.07) is 14.5. The number of sulfone groups is 1. The zero-order valence-corrected chi connectivity index (χ0v) is 17.6. The highest BCUT2D eigenvalue weighted by Crippen LogP contribution is 2.28. The van der Waals surface area contributed by atoms with Gasteiger partial charge < -0.3 is 5.73 Å². The second-order valence-electron chi connectivity index (χ2n) is 7.40. The van der Waals surface area contributed by atoms with Crippen LogP contribution in [0.15, 0.2) is 65.8 Å². The quantitative estimate of drug-likeness (QED) is 0.467. The summed E-state index contributed by atoms with van der Waals surface area (Å²) < 4.78 is 25.5. The van der Waals surface area contributed by atoms with Crippen molar-refractivity contribution in [2.45, 2.75) is 11.8 Å². The average molecular weight is 430 g/mol. The van der Waals surface area contributed by atoms with Crippen molar-refractivity contribution in [1.82, 2.24) is 24.6 Å². The largest absolute Gasteiger partial charge is 0.383 e. The maximum absolute atomic E-state index is 11.8. The van der Waals surface area contributed by atoms with Crippen LogP contribution in [0.4, 0.5) is 5.82 Å². The van der Waals surface area contributed by atoms with E-state index < -0.39 is 9.84 Å². The highest BCUT2D eigenvalue weighted by Gasteiger charge is 2.14. The van der Waals surface area contributed by atoms with Crippen LogP contribution in [0.1, 0.15) is 5.56 Å². The zero-order valence-electron chi connectivity index (χ0n) is 16.8. The van der Waals surface area contributed by atoms with Gasteiger partial charge in [-0.3, -0.25) is 9.38 Å². The summed E-state index contributed by atoms with van der Waals surface area (Å²) in [5, 5.41) is 8.58. The molecule has 0 fully saturated rings. The lowest BCUT2D eigenvalue weighted by Crippen LogP contribution is -1.98. The number of pyridine rings is 1. The fourth-order valence-electron chi connectivity index (χ4n) is 3.52. The molecule has 0 bridgehead atoms. The maximum atomic E-state index is 11.8. The molecular formula is C22H18N6O2S. The second-order valence-corrected chi connectivity index (χ2v) is 9.42. The fraction of sp³-hybridized carbons (Fsp3) is 0.0909. The van der Waals surface area contributed by atoms with Crippen molar-refractivity contribution in [3.63, 3.8) is 0 Å². The molecule has 31 heavy (non-hydrogen) atoms. The predicted octanol–water partition coefficient (Wildman–Crippen LogP) is 3.30. The maximum Gasteiger partial charge on any atom is 0.180 e.